The van der Waals surface area contributed by atoms with Crippen LogP contribution >= 0.6 is 0 Å². The van der Waals surface area contributed by atoms with Gasteiger partial charge in [0.1, 0.15) is 0 Å². The van der Waals surface area contributed by atoms with Crippen LogP contribution in [-0.4, -0.2) is 15.5 Å². The SMILES string of the molecule is CCn1c2ccccc2c2cc(/C=N/n3c4ccccc4c4ccccc43)ccc21. The number of hydrogen-bond donors (Lipinski definition) is 0. The number of para-hydroxylation sites is 3. The molecule has 0 N–H and O–H groups in total. The van der Waals surface area contributed by atoms with Crippen LogP contribution in [0.2, 0.25) is 0 Å². The summed E-state index contributed by atoms with van der Waals surface area (Å²) in [5.41, 5.74) is 5.90. The Hall–Kier alpha value is -3.85. The Bertz CT molecular complexity index is 1530. The third-order valence-electron chi connectivity index (χ3n) is 5.99. The van der Waals surface area contributed by atoms with Gasteiger partial charge in [-0.1, -0.05) is 60.7 Å². The monoisotopic (exact) mass is 387 g/mol. The molecule has 0 aliphatic heterocycles. The molecule has 0 aliphatic rings. The van der Waals surface area contributed by atoms with E-state index in [4.69, 9.17) is 5.10 Å². The van der Waals surface area contributed by atoms with E-state index < -0.39 is 0 Å². The van der Waals surface area contributed by atoms with Gasteiger partial charge in [-0.3, -0.25) is 0 Å². The van der Waals surface area contributed by atoms with Gasteiger partial charge in [0.05, 0.1) is 17.2 Å². The molecular weight excluding hydrogens is 366 g/mol. The molecule has 0 bridgehead atoms. The van der Waals surface area contributed by atoms with Crippen LogP contribution in [0.5, 0.6) is 0 Å². The number of rotatable bonds is 3. The Morgan fingerprint density at radius 3 is 1.80 bits per heavy atom. The van der Waals surface area contributed by atoms with Gasteiger partial charge in [0.25, 0.3) is 0 Å². The van der Waals surface area contributed by atoms with Crippen molar-refractivity contribution in [3.63, 3.8) is 0 Å². The number of fused-ring (bicyclic) bond motifs is 6. The van der Waals surface area contributed by atoms with Crippen LogP contribution in [0.25, 0.3) is 43.6 Å². The fourth-order valence-corrected chi connectivity index (χ4v) is 4.64. The number of hydrogen-bond acceptors (Lipinski definition) is 1. The van der Waals surface area contributed by atoms with Crippen molar-refractivity contribution < 1.29 is 0 Å². The molecule has 0 unspecified atom stereocenters. The predicted molar refractivity (Wildman–Crippen MR) is 128 cm³/mol. The second kappa shape index (κ2) is 6.60. The molecule has 0 aliphatic carbocycles. The highest BCUT2D eigenvalue weighted by Gasteiger charge is 2.10. The molecule has 6 rings (SSSR count). The lowest BCUT2D eigenvalue weighted by Crippen LogP contribution is -1.93. The third kappa shape index (κ3) is 2.42. The van der Waals surface area contributed by atoms with Crippen molar-refractivity contribution in [3.8, 4) is 0 Å². The minimum Gasteiger partial charge on any atom is -0.341 e. The maximum absolute atomic E-state index is 4.89. The molecule has 2 heterocycles. The highest BCUT2D eigenvalue weighted by atomic mass is 15.3. The van der Waals surface area contributed by atoms with E-state index >= 15 is 0 Å². The number of nitrogens with zero attached hydrogens (tertiary/aromatic N) is 3. The first-order chi connectivity index (χ1) is 14.8. The second-order valence-corrected chi connectivity index (χ2v) is 7.63. The molecule has 3 heteroatoms. The van der Waals surface area contributed by atoms with E-state index in [0.717, 1.165) is 23.1 Å². The van der Waals surface area contributed by atoms with E-state index in [1.54, 1.807) is 0 Å². The molecule has 0 atom stereocenters. The summed E-state index contributed by atoms with van der Waals surface area (Å²) in [6, 6.07) is 32.1. The molecule has 0 amide bonds. The highest BCUT2D eigenvalue weighted by molar-refractivity contribution is 6.10. The normalized spacial score (nSPS) is 12.2. The van der Waals surface area contributed by atoms with E-state index in [-0.39, 0.29) is 0 Å². The van der Waals surface area contributed by atoms with Gasteiger partial charge < -0.3 is 4.57 Å². The fraction of sp³-hybridized carbons (Fsp3) is 0.0741. The largest absolute Gasteiger partial charge is 0.341 e. The van der Waals surface area contributed by atoms with Crippen LogP contribution in [0.1, 0.15) is 12.5 Å². The molecule has 4 aromatic carbocycles. The molecule has 30 heavy (non-hydrogen) atoms. The van der Waals surface area contributed by atoms with Crippen molar-refractivity contribution in [2.24, 2.45) is 5.10 Å². The van der Waals surface area contributed by atoms with E-state index in [1.807, 2.05) is 10.9 Å². The van der Waals surface area contributed by atoms with Crippen LogP contribution in [0, 0.1) is 0 Å². The lowest BCUT2D eigenvalue weighted by atomic mass is 10.1. The smallest absolute Gasteiger partial charge is 0.0732 e. The van der Waals surface area contributed by atoms with E-state index in [2.05, 4.69) is 102 Å². The van der Waals surface area contributed by atoms with Crippen LogP contribution in [0.4, 0.5) is 0 Å². The van der Waals surface area contributed by atoms with Crippen molar-refractivity contribution >= 4 is 49.8 Å². The first kappa shape index (κ1) is 17.0. The summed E-state index contributed by atoms with van der Waals surface area (Å²) in [7, 11) is 0. The highest BCUT2D eigenvalue weighted by Crippen LogP contribution is 2.30. The minimum absolute atomic E-state index is 0.957. The zero-order valence-corrected chi connectivity index (χ0v) is 16.8. The number of aryl methyl sites for hydroxylation is 1. The van der Waals surface area contributed by atoms with Crippen molar-refractivity contribution in [2.75, 3.05) is 0 Å². The summed E-state index contributed by atoms with van der Waals surface area (Å²) >= 11 is 0. The number of benzene rings is 4. The van der Waals surface area contributed by atoms with Gasteiger partial charge in [-0.05, 0) is 42.8 Å². The average Bonchev–Trinajstić information content (AvgIpc) is 3.30. The van der Waals surface area contributed by atoms with Crippen molar-refractivity contribution in [2.45, 2.75) is 13.5 Å². The van der Waals surface area contributed by atoms with E-state index in [9.17, 15) is 0 Å². The molecule has 6 aromatic rings. The summed E-state index contributed by atoms with van der Waals surface area (Å²) < 4.78 is 4.42. The van der Waals surface area contributed by atoms with E-state index in [1.165, 1.54) is 32.6 Å². The Balaban J connectivity index is 1.53. The summed E-state index contributed by atoms with van der Waals surface area (Å²) in [4.78, 5) is 0. The molecule has 0 fully saturated rings. The Kier molecular flexibility index (Phi) is 3.75. The molecule has 0 saturated carbocycles. The quantitative estimate of drug-likeness (QED) is 0.298. The second-order valence-electron chi connectivity index (χ2n) is 7.63. The van der Waals surface area contributed by atoms with Crippen LogP contribution < -0.4 is 0 Å². The van der Waals surface area contributed by atoms with Crippen LogP contribution in [-0.2, 0) is 6.54 Å². The van der Waals surface area contributed by atoms with Gasteiger partial charge in [0.15, 0.2) is 0 Å². The lowest BCUT2D eigenvalue weighted by molar-refractivity contribution is 0.827. The van der Waals surface area contributed by atoms with Crippen molar-refractivity contribution in [1.29, 1.82) is 0 Å². The standard InChI is InChI=1S/C27H21N3/c1-2-29-24-12-6-3-11-22(24)23-17-19(15-16-25(23)29)18-28-30-26-13-7-4-9-20(26)21-10-5-8-14-27(21)30/h3-18H,2H2,1H3/b28-18+. The molecule has 0 saturated heterocycles. The Morgan fingerprint density at radius 1 is 0.633 bits per heavy atom. The topological polar surface area (TPSA) is 22.2 Å². The maximum atomic E-state index is 4.89. The average molecular weight is 387 g/mol. The zero-order chi connectivity index (χ0) is 20.1. The van der Waals surface area contributed by atoms with E-state index in [0.29, 0.717) is 0 Å². The molecular formula is C27H21N3. The molecule has 2 aromatic heterocycles. The summed E-state index contributed by atoms with van der Waals surface area (Å²) in [5, 5.41) is 9.92. The lowest BCUT2D eigenvalue weighted by Gasteiger charge is -2.03. The van der Waals surface area contributed by atoms with Gasteiger partial charge in [0, 0.05) is 39.1 Å². The van der Waals surface area contributed by atoms with Gasteiger partial charge in [-0.15, -0.1) is 0 Å². The zero-order valence-electron chi connectivity index (χ0n) is 16.8. The third-order valence-corrected chi connectivity index (χ3v) is 5.99. The molecule has 0 spiro atoms. The molecule has 144 valence electrons. The van der Waals surface area contributed by atoms with Gasteiger partial charge in [-0.2, -0.15) is 5.10 Å². The predicted octanol–water partition coefficient (Wildman–Crippen LogP) is 6.80. The first-order valence-electron chi connectivity index (χ1n) is 10.4. The summed E-state index contributed by atoms with van der Waals surface area (Å²) in [6.07, 6.45) is 1.97. The van der Waals surface area contributed by atoms with Gasteiger partial charge in [-0.25, -0.2) is 4.68 Å². The molecule has 0 radical (unpaired) electrons. The van der Waals surface area contributed by atoms with Crippen molar-refractivity contribution in [3.05, 3.63) is 96.6 Å². The van der Waals surface area contributed by atoms with Gasteiger partial charge >= 0.3 is 0 Å². The summed E-state index contributed by atoms with van der Waals surface area (Å²) in [5.74, 6) is 0. The van der Waals surface area contributed by atoms with Crippen LogP contribution in [0.3, 0.4) is 0 Å². The fourth-order valence-electron chi connectivity index (χ4n) is 4.64. The van der Waals surface area contributed by atoms with Gasteiger partial charge in [0.2, 0.25) is 0 Å². The first-order valence-corrected chi connectivity index (χ1v) is 10.4. The summed E-state index contributed by atoms with van der Waals surface area (Å²) in [6.45, 7) is 3.16. The molecule has 3 nitrogen and oxygen atoms in total. The van der Waals surface area contributed by atoms with Crippen LogP contribution in [0.15, 0.2) is 96.1 Å². The van der Waals surface area contributed by atoms with Crippen molar-refractivity contribution in [1.82, 2.24) is 9.24 Å². The maximum Gasteiger partial charge on any atom is 0.0732 e. The minimum atomic E-state index is 0.957. The Morgan fingerprint density at radius 2 is 1.17 bits per heavy atom. The Labute approximate surface area is 174 Å². The number of aromatic nitrogens is 2.